The van der Waals surface area contributed by atoms with Gasteiger partial charge in [-0.15, -0.1) is 0 Å². The molecule has 0 spiro atoms. The number of nitrogens with one attached hydrogen (secondary N) is 1. The molecule has 1 atom stereocenters. The van der Waals surface area contributed by atoms with Crippen LogP contribution in [0, 0.1) is 0 Å². The van der Waals surface area contributed by atoms with Gasteiger partial charge >= 0.3 is 0 Å². The van der Waals surface area contributed by atoms with Crippen LogP contribution in [0.4, 0.5) is 0 Å². The molecule has 0 radical (unpaired) electrons. The Hall–Kier alpha value is -0.900. The maximum Gasteiger partial charge on any atom is 0.221 e. The molecule has 0 saturated carbocycles. The molecular weight excluding hydrogens is 204 g/mol. The van der Waals surface area contributed by atoms with Crippen molar-refractivity contribution in [1.29, 1.82) is 0 Å². The molecule has 16 heavy (non-hydrogen) atoms. The molecule has 1 aliphatic heterocycles. The van der Waals surface area contributed by atoms with Gasteiger partial charge in [0.05, 0.1) is 6.04 Å². The van der Waals surface area contributed by atoms with E-state index in [9.17, 15) is 9.59 Å². The lowest BCUT2D eigenvalue weighted by Crippen LogP contribution is -2.43. The summed E-state index contributed by atoms with van der Waals surface area (Å²) in [4.78, 5) is 24.4. The Bertz CT molecular complexity index is 241. The maximum absolute atomic E-state index is 11.5. The van der Waals surface area contributed by atoms with E-state index in [4.69, 9.17) is 0 Å². The summed E-state index contributed by atoms with van der Waals surface area (Å²) in [5.74, 6) is 0.0743. The van der Waals surface area contributed by atoms with Crippen LogP contribution in [0.1, 0.15) is 39.5 Å². The van der Waals surface area contributed by atoms with Crippen molar-refractivity contribution in [3.8, 4) is 0 Å². The van der Waals surface area contributed by atoms with Gasteiger partial charge < -0.3 is 10.1 Å². The van der Waals surface area contributed by atoms with Crippen molar-refractivity contribution in [2.75, 3.05) is 13.1 Å². The Morgan fingerprint density at radius 3 is 2.88 bits per heavy atom. The average Bonchev–Trinajstić information content (AvgIpc) is 2.26. The van der Waals surface area contributed by atoms with Gasteiger partial charge in [0, 0.05) is 19.0 Å². The highest BCUT2D eigenvalue weighted by molar-refractivity contribution is 5.76. The molecule has 0 aromatic rings. The molecule has 0 aromatic heterocycles. The second-order valence-corrected chi connectivity index (χ2v) is 4.71. The van der Waals surface area contributed by atoms with E-state index in [0.29, 0.717) is 13.0 Å². The number of hydrogen-bond donors (Lipinski definition) is 1. The number of hydrogen-bond acceptors (Lipinski definition) is 3. The normalized spacial score (nSPS) is 22.1. The van der Waals surface area contributed by atoms with Crippen molar-refractivity contribution >= 4 is 12.2 Å². The number of likely N-dealkylation sites (tertiary alicyclic amines) is 1. The maximum atomic E-state index is 11.5. The molecule has 1 aliphatic rings. The summed E-state index contributed by atoms with van der Waals surface area (Å²) in [6.07, 6.45) is 4.70. The number of carbonyl (C=O) groups excluding carboxylic acids is 2. The van der Waals surface area contributed by atoms with Crippen LogP contribution < -0.4 is 5.32 Å². The van der Waals surface area contributed by atoms with Crippen LogP contribution in [0.15, 0.2) is 0 Å². The number of amides is 1. The molecule has 1 N–H and O–H groups in total. The predicted molar refractivity (Wildman–Crippen MR) is 63.2 cm³/mol. The highest BCUT2D eigenvalue weighted by Gasteiger charge is 2.21. The van der Waals surface area contributed by atoms with Crippen molar-refractivity contribution < 1.29 is 9.59 Å². The lowest BCUT2D eigenvalue weighted by atomic mass is 10.0. The lowest BCUT2D eigenvalue weighted by Gasteiger charge is -2.31. The quantitative estimate of drug-likeness (QED) is 0.710. The molecule has 4 nitrogen and oxygen atoms in total. The van der Waals surface area contributed by atoms with Crippen molar-refractivity contribution in [1.82, 2.24) is 10.2 Å². The second kappa shape index (κ2) is 6.63. The summed E-state index contributed by atoms with van der Waals surface area (Å²) in [5, 5.41) is 2.86. The molecule has 1 saturated heterocycles. The third-order valence-electron chi connectivity index (χ3n) is 2.90. The minimum absolute atomic E-state index is 0.0283. The van der Waals surface area contributed by atoms with Gasteiger partial charge in [0.2, 0.25) is 5.91 Å². The first-order chi connectivity index (χ1) is 7.63. The second-order valence-electron chi connectivity index (χ2n) is 4.71. The monoisotopic (exact) mass is 226 g/mol. The molecule has 0 bridgehead atoms. The van der Waals surface area contributed by atoms with Gasteiger partial charge in [0.15, 0.2) is 0 Å². The summed E-state index contributed by atoms with van der Waals surface area (Å²) >= 11 is 0. The Balaban J connectivity index is 2.29. The lowest BCUT2D eigenvalue weighted by molar-refractivity contribution is -0.123. The van der Waals surface area contributed by atoms with E-state index < -0.39 is 0 Å². The zero-order valence-electron chi connectivity index (χ0n) is 10.2. The van der Waals surface area contributed by atoms with E-state index in [1.807, 2.05) is 13.8 Å². The zero-order chi connectivity index (χ0) is 12.0. The Labute approximate surface area is 97.4 Å². The molecule has 1 amide bonds. The van der Waals surface area contributed by atoms with Crippen molar-refractivity contribution in [3.63, 3.8) is 0 Å². The summed E-state index contributed by atoms with van der Waals surface area (Å²) in [7, 11) is 0. The summed E-state index contributed by atoms with van der Waals surface area (Å²) in [5.41, 5.74) is 0. The predicted octanol–water partition coefficient (Wildman–Crippen LogP) is 0.954. The topological polar surface area (TPSA) is 49.4 Å². The van der Waals surface area contributed by atoms with Crippen molar-refractivity contribution in [3.05, 3.63) is 0 Å². The van der Waals surface area contributed by atoms with E-state index in [1.165, 1.54) is 0 Å². The molecule has 1 fully saturated rings. The molecular formula is C12H22N2O2. The fourth-order valence-electron chi connectivity index (χ4n) is 2.09. The van der Waals surface area contributed by atoms with Gasteiger partial charge in [0.1, 0.15) is 6.29 Å². The van der Waals surface area contributed by atoms with Crippen LogP contribution in [0.3, 0.4) is 0 Å². The van der Waals surface area contributed by atoms with Crippen molar-refractivity contribution in [2.45, 2.75) is 51.6 Å². The number of carbonyl (C=O) groups is 2. The highest BCUT2D eigenvalue weighted by atomic mass is 16.1. The van der Waals surface area contributed by atoms with Crippen molar-refractivity contribution in [2.24, 2.45) is 0 Å². The third kappa shape index (κ3) is 4.31. The van der Waals surface area contributed by atoms with Gasteiger partial charge in [0.25, 0.3) is 0 Å². The van der Waals surface area contributed by atoms with Gasteiger partial charge in [-0.3, -0.25) is 9.69 Å². The van der Waals surface area contributed by atoms with E-state index in [0.717, 1.165) is 32.1 Å². The van der Waals surface area contributed by atoms with Gasteiger partial charge in [-0.2, -0.15) is 0 Å². The minimum Gasteiger partial charge on any atom is -0.354 e. The largest absolute Gasteiger partial charge is 0.354 e. The minimum atomic E-state index is 0.0283. The van der Waals surface area contributed by atoms with Crippen LogP contribution in [-0.2, 0) is 9.59 Å². The van der Waals surface area contributed by atoms with Gasteiger partial charge in [-0.25, -0.2) is 0 Å². The van der Waals surface area contributed by atoms with E-state index >= 15 is 0 Å². The third-order valence-corrected chi connectivity index (χ3v) is 2.90. The number of piperidine rings is 1. The molecule has 4 heteroatoms. The Morgan fingerprint density at radius 2 is 2.25 bits per heavy atom. The van der Waals surface area contributed by atoms with Crippen LogP contribution in [0.25, 0.3) is 0 Å². The fourth-order valence-corrected chi connectivity index (χ4v) is 2.09. The molecule has 92 valence electrons. The molecule has 1 heterocycles. The first kappa shape index (κ1) is 13.2. The average molecular weight is 226 g/mol. The van der Waals surface area contributed by atoms with Crippen LogP contribution in [0.2, 0.25) is 0 Å². The highest BCUT2D eigenvalue weighted by Crippen LogP contribution is 2.15. The standard InChI is InChI=1S/C12H22N2O2/c1-10(2)13-12(16)6-8-14-7-4-3-5-11(14)9-15/h9-11H,3-8H2,1-2H3,(H,13,16). The summed E-state index contributed by atoms with van der Waals surface area (Å²) in [6, 6.07) is 0.219. The first-order valence-corrected chi connectivity index (χ1v) is 6.12. The van der Waals surface area contributed by atoms with Gasteiger partial charge in [-0.05, 0) is 33.2 Å². The van der Waals surface area contributed by atoms with Crippen LogP contribution in [-0.4, -0.2) is 42.3 Å². The fraction of sp³-hybridized carbons (Fsp3) is 0.833. The molecule has 0 aliphatic carbocycles. The van der Waals surface area contributed by atoms with Crippen LogP contribution in [0.5, 0.6) is 0 Å². The number of rotatable bonds is 5. The zero-order valence-corrected chi connectivity index (χ0v) is 10.2. The van der Waals surface area contributed by atoms with Crippen LogP contribution >= 0.6 is 0 Å². The first-order valence-electron chi connectivity index (χ1n) is 6.12. The Morgan fingerprint density at radius 1 is 1.50 bits per heavy atom. The van der Waals surface area contributed by atoms with E-state index in [2.05, 4.69) is 10.2 Å². The summed E-state index contributed by atoms with van der Waals surface area (Å²) in [6.45, 7) is 5.54. The SMILES string of the molecule is CC(C)NC(=O)CCN1CCCCC1C=O. The van der Waals surface area contributed by atoms with Gasteiger partial charge in [-0.1, -0.05) is 6.42 Å². The van der Waals surface area contributed by atoms with E-state index in [-0.39, 0.29) is 18.0 Å². The number of nitrogens with zero attached hydrogens (tertiary/aromatic N) is 1. The molecule has 1 rings (SSSR count). The smallest absolute Gasteiger partial charge is 0.221 e. The molecule has 1 unspecified atom stereocenters. The Kier molecular flexibility index (Phi) is 5.46. The number of aldehydes is 1. The van der Waals surface area contributed by atoms with E-state index in [1.54, 1.807) is 0 Å². The molecule has 0 aromatic carbocycles. The summed E-state index contributed by atoms with van der Waals surface area (Å²) < 4.78 is 0.